The number of halogens is 1. The Balaban J connectivity index is 1.65. The summed E-state index contributed by atoms with van der Waals surface area (Å²) < 4.78 is 14.3. The maximum atomic E-state index is 13.5. The number of aliphatic imine (C=N–C) groups is 1. The number of hydrazone groups is 1. The zero-order valence-electron chi connectivity index (χ0n) is 10.6. The number of benzene rings is 1. The number of carbonyl (C=O) groups excluding carboxylic acids is 1. The van der Waals surface area contributed by atoms with Gasteiger partial charge in [0.15, 0.2) is 9.54 Å². The van der Waals surface area contributed by atoms with Crippen LogP contribution in [-0.2, 0) is 10.5 Å². The van der Waals surface area contributed by atoms with E-state index in [0.29, 0.717) is 29.4 Å². The first-order valence-corrected chi connectivity index (χ1v) is 8.04. The lowest BCUT2D eigenvalue weighted by Gasteiger charge is -2.08. The number of nitrogens with zero attached hydrogens (tertiary/aromatic N) is 3. The molecule has 20 heavy (non-hydrogen) atoms. The van der Waals surface area contributed by atoms with Crippen LogP contribution in [0.4, 0.5) is 4.39 Å². The molecule has 0 fully saturated rings. The second-order valence-electron chi connectivity index (χ2n) is 4.36. The van der Waals surface area contributed by atoms with Gasteiger partial charge in [0.2, 0.25) is 5.91 Å². The normalized spacial score (nSPS) is 18.4. The Bertz CT molecular complexity index is 603. The molecular weight excluding hydrogens is 297 g/mol. The predicted octanol–water partition coefficient (Wildman–Crippen LogP) is 3.06. The topological polar surface area (TPSA) is 45.0 Å². The average Bonchev–Trinajstić information content (AvgIpc) is 2.72. The smallest absolute Gasteiger partial charge is 0.248 e. The van der Waals surface area contributed by atoms with Gasteiger partial charge in [0.25, 0.3) is 0 Å². The highest BCUT2D eigenvalue weighted by Gasteiger charge is 2.26. The van der Waals surface area contributed by atoms with E-state index in [-0.39, 0.29) is 11.7 Å². The molecule has 2 aliphatic heterocycles. The van der Waals surface area contributed by atoms with E-state index in [4.69, 9.17) is 0 Å². The highest BCUT2D eigenvalue weighted by atomic mass is 32.2. The van der Waals surface area contributed by atoms with Gasteiger partial charge in [0, 0.05) is 18.7 Å². The van der Waals surface area contributed by atoms with Crippen molar-refractivity contribution in [1.82, 2.24) is 5.01 Å². The molecule has 0 bridgehead atoms. The minimum atomic E-state index is -0.203. The van der Waals surface area contributed by atoms with Crippen LogP contribution in [0, 0.1) is 5.82 Å². The fraction of sp³-hybridized carbons (Fsp3) is 0.308. The van der Waals surface area contributed by atoms with Crippen LogP contribution in [0.5, 0.6) is 0 Å². The molecule has 1 aromatic carbocycles. The molecule has 4 nitrogen and oxygen atoms in total. The summed E-state index contributed by atoms with van der Waals surface area (Å²) in [6, 6.07) is 6.71. The van der Waals surface area contributed by atoms with Gasteiger partial charge < -0.3 is 0 Å². The van der Waals surface area contributed by atoms with Gasteiger partial charge in [-0.05, 0) is 29.8 Å². The Kier molecular flexibility index (Phi) is 4.07. The molecule has 104 valence electrons. The van der Waals surface area contributed by atoms with Crippen molar-refractivity contribution in [2.45, 2.75) is 18.6 Å². The van der Waals surface area contributed by atoms with Gasteiger partial charge in [0.1, 0.15) is 5.82 Å². The minimum Gasteiger partial charge on any atom is -0.273 e. The van der Waals surface area contributed by atoms with Crippen molar-refractivity contribution in [3.05, 3.63) is 35.6 Å². The first-order chi connectivity index (χ1) is 9.72. The number of amides is 1. The first kappa shape index (κ1) is 13.6. The molecule has 0 saturated heterocycles. The average molecular weight is 309 g/mol. The molecule has 2 aliphatic rings. The Labute approximate surface area is 124 Å². The lowest BCUT2D eigenvalue weighted by atomic mass is 10.2. The van der Waals surface area contributed by atoms with Crippen LogP contribution in [-0.4, -0.2) is 27.0 Å². The van der Waals surface area contributed by atoms with Crippen molar-refractivity contribution in [3.63, 3.8) is 0 Å². The quantitative estimate of drug-likeness (QED) is 0.842. The second-order valence-corrected chi connectivity index (χ2v) is 6.54. The van der Waals surface area contributed by atoms with E-state index in [1.165, 1.54) is 29.6 Å². The summed E-state index contributed by atoms with van der Waals surface area (Å²) >= 11 is 2.85. The fourth-order valence-electron chi connectivity index (χ4n) is 1.87. The standard InChI is InChI=1S/C13H12FN3OS2/c14-10-5-2-1-4-9(10)8-19-13-16-17-7-3-6-11(18)15-12(17)20-13/h1-2,4-5H,3,6-8H2. The largest absolute Gasteiger partial charge is 0.273 e. The van der Waals surface area contributed by atoms with Gasteiger partial charge in [-0.1, -0.05) is 30.0 Å². The molecule has 0 N–H and O–H groups in total. The molecule has 7 heteroatoms. The number of thioether (sulfide) groups is 2. The third kappa shape index (κ3) is 3.04. The fourth-order valence-corrected chi connectivity index (χ4v) is 3.86. The summed E-state index contributed by atoms with van der Waals surface area (Å²) in [5.74, 6) is 0.226. The van der Waals surface area contributed by atoms with E-state index in [1.54, 1.807) is 17.1 Å². The van der Waals surface area contributed by atoms with Gasteiger partial charge in [-0.3, -0.25) is 4.79 Å². The van der Waals surface area contributed by atoms with Crippen molar-refractivity contribution in [2.24, 2.45) is 10.1 Å². The zero-order chi connectivity index (χ0) is 13.9. The van der Waals surface area contributed by atoms with E-state index in [0.717, 1.165) is 10.8 Å². The number of hydrogen-bond acceptors (Lipinski definition) is 5. The molecule has 3 rings (SSSR count). The van der Waals surface area contributed by atoms with E-state index >= 15 is 0 Å². The first-order valence-electron chi connectivity index (χ1n) is 6.24. The predicted molar refractivity (Wildman–Crippen MR) is 81.1 cm³/mol. The van der Waals surface area contributed by atoms with E-state index in [1.807, 2.05) is 6.07 Å². The molecule has 0 spiro atoms. The third-order valence-electron chi connectivity index (χ3n) is 2.89. The van der Waals surface area contributed by atoms with Crippen molar-refractivity contribution in [2.75, 3.05) is 6.54 Å². The van der Waals surface area contributed by atoms with Gasteiger partial charge in [-0.25, -0.2) is 9.40 Å². The van der Waals surface area contributed by atoms with Crippen LogP contribution in [0.2, 0.25) is 0 Å². The Morgan fingerprint density at radius 2 is 2.25 bits per heavy atom. The van der Waals surface area contributed by atoms with Crippen LogP contribution in [0.25, 0.3) is 0 Å². The van der Waals surface area contributed by atoms with Crippen molar-refractivity contribution in [3.8, 4) is 0 Å². The number of fused-ring (bicyclic) bond motifs is 1. The van der Waals surface area contributed by atoms with Crippen molar-refractivity contribution >= 4 is 39.0 Å². The molecule has 0 atom stereocenters. The number of amidine groups is 1. The summed E-state index contributed by atoms with van der Waals surface area (Å²) in [5, 5.41) is 6.82. The maximum Gasteiger partial charge on any atom is 0.248 e. The Hall–Kier alpha value is -1.34. The van der Waals surface area contributed by atoms with E-state index in [9.17, 15) is 9.18 Å². The van der Waals surface area contributed by atoms with Crippen LogP contribution in [0.3, 0.4) is 0 Å². The number of rotatable bonds is 2. The minimum absolute atomic E-state index is 0.0921. The zero-order valence-corrected chi connectivity index (χ0v) is 12.2. The molecule has 0 unspecified atom stereocenters. The summed E-state index contributed by atoms with van der Waals surface area (Å²) in [7, 11) is 0. The van der Waals surface area contributed by atoms with Gasteiger partial charge in [-0.15, -0.1) is 0 Å². The summed E-state index contributed by atoms with van der Waals surface area (Å²) in [5.41, 5.74) is 0.654. The molecule has 0 saturated carbocycles. The third-order valence-corrected chi connectivity index (χ3v) is 5.02. The maximum absolute atomic E-state index is 13.5. The number of carbonyl (C=O) groups is 1. The molecule has 0 radical (unpaired) electrons. The van der Waals surface area contributed by atoms with Gasteiger partial charge in [-0.2, -0.15) is 10.1 Å². The van der Waals surface area contributed by atoms with Crippen molar-refractivity contribution < 1.29 is 9.18 Å². The van der Waals surface area contributed by atoms with Gasteiger partial charge in [0.05, 0.1) is 0 Å². The Morgan fingerprint density at radius 3 is 3.10 bits per heavy atom. The Morgan fingerprint density at radius 1 is 1.40 bits per heavy atom. The van der Waals surface area contributed by atoms with E-state index in [2.05, 4.69) is 10.1 Å². The summed E-state index contributed by atoms with van der Waals surface area (Å²) in [6.45, 7) is 0.710. The lowest BCUT2D eigenvalue weighted by molar-refractivity contribution is -0.117. The molecule has 0 aliphatic carbocycles. The van der Waals surface area contributed by atoms with Crippen LogP contribution < -0.4 is 0 Å². The highest BCUT2D eigenvalue weighted by molar-refractivity contribution is 8.45. The molecular formula is C13H12FN3OS2. The summed E-state index contributed by atoms with van der Waals surface area (Å²) in [6.07, 6.45) is 1.24. The molecule has 1 aromatic rings. The molecule has 0 aromatic heterocycles. The molecule has 1 amide bonds. The summed E-state index contributed by atoms with van der Waals surface area (Å²) in [4.78, 5) is 15.4. The van der Waals surface area contributed by atoms with Gasteiger partial charge >= 0.3 is 0 Å². The van der Waals surface area contributed by atoms with E-state index < -0.39 is 0 Å². The number of hydrogen-bond donors (Lipinski definition) is 0. The second kappa shape index (κ2) is 5.97. The highest BCUT2D eigenvalue weighted by Crippen LogP contribution is 2.31. The SMILES string of the molecule is O=C1CCCN2N=C(SCc3ccccc3F)SC2=N1. The lowest BCUT2D eigenvalue weighted by Crippen LogP contribution is -2.18. The molecule has 2 heterocycles. The van der Waals surface area contributed by atoms with Crippen molar-refractivity contribution in [1.29, 1.82) is 0 Å². The monoisotopic (exact) mass is 309 g/mol. The van der Waals surface area contributed by atoms with Crippen LogP contribution in [0.1, 0.15) is 18.4 Å². The van der Waals surface area contributed by atoms with Crippen LogP contribution in [0.15, 0.2) is 34.4 Å². The van der Waals surface area contributed by atoms with Crippen LogP contribution >= 0.6 is 23.5 Å².